The number of hydrogen-bond acceptors (Lipinski definition) is 6. The molecule has 0 aliphatic carbocycles. The molecule has 2 aromatic rings. The number of anilines is 2. The van der Waals surface area contributed by atoms with Gasteiger partial charge in [-0.15, -0.1) is 11.3 Å². The van der Waals surface area contributed by atoms with Gasteiger partial charge in [-0.3, -0.25) is 5.43 Å². The van der Waals surface area contributed by atoms with Crippen molar-refractivity contribution in [1.82, 2.24) is 9.97 Å². The predicted octanol–water partition coefficient (Wildman–Crippen LogP) is 3.69. The second-order valence-corrected chi connectivity index (χ2v) is 6.52. The molecule has 21 heavy (non-hydrogen) atoms. The molecule has 2 aromatic heterocycles. The molecule has 2 heterocycles. The maximum atomic E-state index is 5.53. The summed E-state index contributed by atoms with van der Waals surface area (Å²) in [4.78, 5) is 13.7. The predicted molar refractivity (Wildman–Crippen MR) is 92.0 cm³/mol. The highest BCUT2D eigenvalue weighted by Crippen LogP contribution is 2.32. The maximum absolute atomic E-state index is 5.53. The smallest absolute Gasteiger partial charge is 0.240 e. The van der Waals surface area contributed by atoms with Crippen LogP contribution in [0.1, 0.15) is 44.4 Å². The van der Waals surface area contributed by atoms with E-state index in [2.05, 4.69) is 47.1 Å². The zero-order valence-electron chi connectivity index (χ0n) is 13.1. The van der Waals surface area contributed by atoms with E-state index in [1.54, 1.807) is 11.3 Å². The van der Waals surface area contributed by atoms with Gasteiger partial charge in [0, 0.05) is 18.0 Å². The summed E-state index contributed by atoms with van der Waals surface area (Å²) in [7, 11) is 0. The van der Waals surface area contributed by atoms with Crippen molar-refractivity contribution in [3.8, 4) is 0 Å². The van der Waals surface area contributed by atoms with E-state index in [4.69, 9.17) is 5.84 Å². The first-order chi connectivity index (χ1) is 10.2. The van der Waals surface area contributed by atoms with E-state index in [1.165, 1.54) is 30.6 Å². The van der Waals surface area contributed by atoms with E-state index in [0.29, 0.717) is 5.95 Å². The van der Waals surface area contributed by atoms with Gasteiger partial charge < -0.3 is 4.90 Å². The molecule has 0 bridgehead atoms. The third-order valence-electron chi connectivity index (χ3n) is 3.49. The van der Waals surface area contributed by atoms with Gasteiger partial charge in [-0.25, -0.2) is 10.8 Å². The summed E-state index contributed by atoms with van der Waals surface area (Å²) in [5.74, 6) is 7.04. The molecule has 5 nitrogen and oxygen atoms in total. The molecule has 0 aromatic carbocycles. The number of aromatic nitrogens is 2. The van der Waals surface area contributed by atoms with Crippen LogP contribution >= 0.6 is 11.3 Å². The first-order valence-corrected chi connectivity index (χ1v) is 8.51. The monoisotopic (exact) mass is 307 g/mol. The lowest BCUT2D eigenvalue weighted by molar-refractivity contribution is 0.673. The molecule has 0 saturated heterocycles. The molecule has 0 fully saturated rings. The second kappa shape index (κ2) is 7.56. The summed E-state index contributed by atoms with van der Waals surface area (Å²) in [6, 6.07) is 2.18. The molecule has 6 heteroatoms. The average Bonchev–Trinajstić information content (AvgIpc) is 2.86. The topological polar surface area (TPSA) is 67.1 Å². The van der Waals surface area contributed by atoms with Gasteiger partial charge in [-0.05, 0) is 25.8 Å². The largest absolute Gasteiger partial charge is 0.356 e. The van der Waals surface area contributed by atoms with Gasteiger partial charge in [0.1, 0.15) is 10.6 Å². The molecule has 2 rings (SSSR count). The minimum absolute atomic E-state index is 0.498. The van der Waals surface area contributed by atoms with E-state index >= 15 is 0 Å². The van der Waals surface area contributed by atoms with E-state index in [0.717, 1.165) is 29.1 Å². The molecule has 0 aliphatic rings. The Morgan fingerprint density at radius 1 is 1.19 bits per heavy atom. The van der Waals surface area contributed by atoms with Gasteiger partial charge in [0.15, 0.2) is 0 Å². The zero-order chi connectivity index (χ0) is 15.2. The number of aryl methyl sites for hydroxylation is 1. The van der Waals surface area contributed by atoms with E-state index in [9.17, 15) is 0 Å². The van der Waals surface area contributed by atoms with Gasteiger partial charge in [0.2, 0.25) is 5.95 Å². The number of hydrazine groups is 1. The lowest BCUT2D eigenvalue weighted by Gasteiger charge is -2.24. The van der Waals surface area contributed by atoms with Crippen LogP contribution in [-0.2, 0) is 0 Å². The van der Waals surface area contributed by atoms with Crippen molar-refractivity contribution in [1.29, 1.82) is 0 Å². The third kappa shape index (κ3) is 3.83. The van der Waals surface area contributed by atoms with Gasteiger partial charge in [-0.1, -0.05) is 26.7 Å². The van der Waals surface area contributed by atoms with Crippen LogP contribution in [0.25, 0.3) is 10.2 Å². The molecular weight excluding hydrogens is 282 g/mol. The fraction of sp³-hybridized carbons (Fsp3) is 0.600. The SMILES string of the molecule is CCCCN(CCCC)c1nc(NN)nc2sc(C)cc12. The number of nitrogens with one attached hydrogen (secondary N) is 1. The molecular formula is C15H25N5S. The number of thiophene rings is 1. The fourth-order valence-electron chi connectivity index (χ4n) is 2.35. The Kier molecular flexibility index (Phi) is 5.76. The van der Waals surface area contributed by atoms with Gasteiger partial charge in [0.05, 0.1) is 5.39 Å². The summed E-state index contributed by atoms with van der Waals surface area (Å²) < 4.78 is 0. The Bertz CT molecular complexity index is 573. The van der Waals surface area contributed by atoms with Crippen LogP contribution in [0.2, 0.25) is 0 Å². The summed E-state index contributed by atoms with van der Waals surface area (Å²) in [5, 5.41) is 1.14. The van der Waals surface area contributed by atoms with Crippen molar-refractivity contribution in [2.75, 3.05) is 23.4 Å². The zero-order valence-corrected chi connectivity index (χ0v) is 14.0. The number of rotatable bonds is 8. The Hall–Kier alpha value is -1.40. The molecule has 116 valence electrons. The number of fused-ring (bicyclic) bond motifs is 1. The maximum Gasteiger partial charge on any atom is 0.240 e. The highest BCUT2D eigenvalue weighted by atomic mass is 32.1. The normalized spacial score (nSPS) is 11.0. The summed E-state index contributed by atoms with van der Waals surface area (Å²) in [5.41, 5.74) is 2.59. The van der Waals surface area contributed by atoms with Crippen molar-refractivity contribution in [3.63, 3.8) is 0 Å². The Morgan fingerprint density at radius 3 is 2.43 bits per heavy atom. The number of nitrogen functional groups attached to an aromatic ring is 1. The van der Waals surface area contributed by atoms with E-state index in [1.807, 2.05) is 0 Å². The van der Waals surface area contributed by atoms with Gasteiger partial charge >= 0.3 is 0 Å². The molecule has 0 saturated carbocycles. The number of unbranched alkanes of at least 4 members (excludes halogenated alkanes) is 2. The third-order valence-corrected chi connectivity index (χ3v) is 4.43. The Labute approximate surface area is 130 Å². The van der Waals surface area contributed by atoms with Crippen molar-refractivity contribution in [2.45, 2.75) is 46.5 Å². The van der Waals surface area contributed by atoms with Crippen LogP contribution < -0.4 is 16.2 Å². The minimum atomic E-state index is 0.498. The molecule has 0 unspecified atom stereocenters. The summed E-state index contributed by atoms with van der Waals surface area (Å²) >= 11 is 1.69. The highest BCUT2D eigenvalue weighted by molar-refractivity contribution is 7.18. The minimum Gasteiger partial charge on any atom is -0.356 e. The number of nitrogens with two attached hydrogens (primary N) is 1. The Balaban J connectivity index is 2.42. The van der Waals surface area contributed by atoms with Crippen LogP contribution in [0.15, 0.2) is 6.07 Å². The molecule has 0 radical (unpaired) electrons. The first-order valence-electron chi connectivity index (χ1n) is 7.69. The van der Waals surface area contributed by atoms with Crippen LogP contribution in [0.3, 0.4) is 0 Å². The van der Waals surface area contributed by atoms with Crippen LogP contribution in [0.5, 0.6) is 0 Å². The van der Waals surface area contributed by atoms with Crippen LogP contribution in [0, 0.1) is 6.92 Å². The van der Waals surface area contributed by atoms with Gasteiger partial charge in [-0.2, -0.15) is 4.98 Å². The second-order valence-electron chi connectivity index (χ2n) is 5.29. The number of hydrogen-bond donors (Lipinski definition) is 2. The van der Waals surface area contributed by atoms with Crippen LogP contribution in [-0.4, -0.2) is 23.1 Å². The van der Waals surface area contributed by atoms with Crippen LogP contribution in [0.4, 0.5) is 11.8 Å². The van der Waals surface area contributed by atoms with E-state index in [-0.39, 0.29) is 0 Å². The lowest BCUT2D eigenvalue weighted by Crippen LogP contribution is -2.27. The van der Waals surface area contributed by atoms with Crippen molar-refractivity contribution in [2.24, 2.45) is 5.84 Å². The molecule has 3 N–H and O–H groups in total. The Morgan fingerprint density at radius 2 is 1.86 bits per heavy atom. The standard InChI is InChI=1S/C15H25N5S/c1-4-6-8-20(9-7-5-2)13-12-10-11(3)21-14(12)18-15(17-13)19-16/h10H,4-9,16H2,1-3H3,(H,17,18,19). The molecule has 0 atom stereocenters. The van der Waals surface area contributed by atoms with Crippen molar-refractivity contribution < 1.29 is 0 Å². The molecule has 0 amide bonds. The fourth-order valence-corrected chi connectivity index (χ4v) is 3.23. The average molecular weight is 307 g/mol. The van der Waals surface area contributed by atoms with Crippen molar-refractivity contribution >= 4 is 33.3 Å². The highest BCUT2D eigenvalue weighted by Gasteiger charge is 2.15. The lowest BCUT2D eigenvalue weighted by atomic mass is 10.2. The summed E-state index contributed by atoms with van der Waals surface area (Å²) in [6.45, 7) is 8.60. The molecule has 0 spiro atoms. The quantitative estimate of drug-likeness (QED) is 0.575. The molecule has 0 aliphatic heterocycles. The van der Waals surface area contributed by atoms with E-state index < -0.39 is 0 Å². The van der Waals surface area contributed by atoms with Crippen molar-refractivity contribution in [3.05, 3.63) is 10.9 Å². The summed E-state index contributed by atoms with van der Waals surface area (Å²) in [6.07, 6.45) is 4.70. The van der Waals surface area contributed by atoms with Gasteiger partial charge in [0.25, 0.3) is 0 Å². The number of nitrogens with zero attached hydrogens (tertiary/aromatic N) is 3. The first kappa shape index (κ1) is 16.0.